The molecule has 0 aliphatic heterocycles. The number of rotatable bonds is 9. The van der Waals surface area contributed by atoms with Crippen molar-refractivity contribution in [1.82, 2.24) is 10.6 Å². The van der Waals surface area contributed by atoms with Gasteiger partial charge in [0.2, 0.25) is 5.91 Å². The normalized spacial score (nSPS) is 16.7. The van der Waals surface area contributed by atoms with E-state index in [1.165, 1.54) is 12.1 Å². The van der Waals surface area contributed by atoms with E-state index in [2.05, 4.69) is 26.6 Å². The molecule has 1 amide bonds. The van der Waals surface area contributed by atoms with Crippen molar-refractivity contribution in [3.8, 4) is 6.07 Å². The predicted molar refractivity (Wildman–Crippen MR) is 119 cm³/mol. The Balaban J connectivity index is 1.92. The van der Waals surface area contributed by atoms with Crippen LogP contribution in [0.2, 0.25) is 0 Å². The summed E-state index contributed by atoms with van der Waals surface area (Å²) in [5.74, 6) is -6.02. The molecule has 6 nitrogen and oxygen atoms in total. The Morgan fingerprint density at radius 3 is 2.31 bits per heavy atom. The molecule has 1 aliphatic carbocycles. The van der Waals surface area contributed by atoms with Gasteiger partial charge in [0.25, 0.3) is 0 Å². The lowest BCUT2D eigenvalue weighted by molar-refractivity contribution is -0.160. The third kappa shape index (κ3) is 6.99. The fraction of sp³-hybridized carbons (Fsp3) is 0.364. The molecule has 2 aromatic rings. The molecule has 1 fully saturated rings. The van der Waals surface area contributed by atoms with Gasteiger partial charge in [0.15, 0.2) is 21.5 Å². The largest absolute Gasteiger partial charge is 0.407 e. The third-order valence-corrected chi connectivity index (χ3v) is 7.49. The summed E-state index contributed by atoms with van der Waals surface area (Å²) in [5.41, 5.74) is -2.09. The summed E-state index contributed by atoms with van der Waals surface area (Å²) in [5, 5.41) is 13.6. The summed E-state index contributed by atoms with van der Waals surface area (Å²) in [6.07, 6.45) is -4.39. The van der Waals surface area contributed by atoms with Crippen LogP contribution >= 0.6 is 15.9 Å². The van der Waals surface area contributed by atoms with Gasteiger partial charge in [-0.3, -0.25) is 10.1 Å². The van der Waals surface area contributed by atoms with Crippen molar-refractivity contribution in [2.75, 3.05) is 5.75 Å². The number of carbonyl (C=O) groups excluding carboxylic acids is 1. The molecule has 0 heterocycles. The minimum absolute atomic E-state index is 0.263. The number of hydrogen-bond acceptors (Lipinski definition) is 5. The van der Waals surface area contributed by atoms with Gasteiger partial charge in [-0.25, -0.2) is 17.2 Å². The second-order valence-corrected chi connectivity index (χ2v) is 11.2. The van der Waals surface area contributed by atoms with E-state index in [1.54, 1.807) is 0 Å². The molecule has 188 valence electrons. The Bertz CT molecular complexity index is 1240. The lowest BCUT2D eigenvalue weighted by atomic mass is 10.1. The van der Waals surface area contributed by atoms with E-state index in [0.29, 0.717) is 4.47 Å². The number of nitrogens with one attached hydrogen (secondary N) is 2. The Labute approximate surface area is 206 Å². The maximum atomic E-state index is 14.0. The smallest absolute Gasteiger partial charge is 0.336 e. The Morgan fingerprint density at radius 2 is 1.77 bits per heavy atom. The molecule has 0 saturated heterocycles. The van der Waals surface area contributed by atoms with Crippen molar-refractivity contribution in [2.45, 2.75) is 42.4 Å². The van der Waals surface area contributed by atoms with Crippen LogP contribution < -0.4 is 10.6 Å². The number of nitrogens with zero attached hydrogens (tertiary/aromatic N) is 1. The molecule has 1 saturated carbocycles. The minimum atomic E-state index is -4.92. The molecule has 2 N–H and O–H groups in total. The molecule has 0 unspecified atom stereocenters. The summed E-state index contributed by atoms with van der Waals surface area (Å²) >= 11 is 3.12. The summed E-state index contributed by atoms with van der Waals surface area (Å²) in [6.45, 7) is 0. The zero-order valence-corrected chi connectivity index (χ0v) is 20.3. The van der Waals surface area contributed by atoms with Crippen molar-refractivity contribution in [1.29, 1.82) is 5.26 Å². The number of alkyl halides is 3. The highest BCUT2D eigenvalue weighted by atomic mass is 79.9. The van der Waals surface area contributed by atoms with Crippen molar-refractivity contribution in [3.63, 3.8) is 0 Å². The molecule has 13 heteroatoms. The van der Waals surface area contributed by atoms with Gasteiger partial charge in [-0.1, -0.05) is 40.2 Å². The van der Waals surface area contributed by atoms with Gasteiger partial charge in [0.05, 0.1) is 17.6 Å². The van der Waals surface area contributed by atoms with Crippen LogP contribution in [0.1, 0.15) is 30.0 Å². The lowest BCUT2D eigenvalue weighted by Gasteiger charge is -2.28. The van der Waals surface area contributed by atoms with Gasteiger partial charge >= 0.3 is 6.18 Å². The molecular formula is C22H19BrF5N3O3S. The summed E-state index contributed by atoms with van der Waals surface area (Å²) in [7, 11) is -4.43. The molecule has 0 radical (unpaired) electrons. The van der Waals surface area contributed by atoms with Gasteiger partial charge in [-0.05, 0) is 36.6 Å². The van der Waals surface area contributed by atoms with Crippen molar-refractivity contribution < 1.29 is 35.2 Å². The average Bonchev–Trinajstić information content (AvgIpc) is 3.54. The monoisotopic (exact) mass is 579 g/mol. The van der Waals surface area contributed by atoms with Crippen LogP contribution in [0, 0.1) is 23.0 Å². The lowest BCUT2D eigenvalue weighted by Crippen LogP contribution is -2.54. The Hall–Kier alpha value is -2.56. The first kappa shape index (κ1) is 27.0. The van der Waals surface area contributed by atoms with Crippen molar-refractivity contribution in [3.05, 3.63) is 69.7 Å². The molecular weight excluding hydrogens is 561 g/mol. The van der Waals surface area contributed by atoms with Gasteiger partial charge in [0, 0.05) is 10.0 Å². The minimum Gasteiger partial charge on any atom is -0.336 e. The van der Waals surface area contributed by atoms with E-state index in [-0.39, 0.29) is 18.4 Å². The van der Waals surface area contributed by atoms with E-state index < -0.39 is 68.2 Å². The molecule has 0 aromatic heterocycles. The van der Waals surface area contributed by atoms with Crippen molar-refractivity contribution >= 4 is 31.7 Å². The Morgan fingerprint density at radius 1 is 1.14 bits per heavy atom. The van der Waals surface area contributed by atoms with E-state index in [4.69, 9.17) is 0 Å². The summed E-state index contributed by atoms with van der Waals surface area (Å²) in [4.78, 5) is 12.9. The summed E-state index contributed by atoms with van der Waals surface area (Å²) < 4.78 is 95.3. The number of hydrogen-bond donors (Lipinski definition) is 2. The number of amides is 1. The van der Waals surface area contributed by atoms with Crippen LogP contribution in [0.5, 0.6) is 0 Å². The first-order valence-electron chi connectivity index (χ1n) is 10.2. The van der Waals surface area contributed by atoms with Crippen LogP contribution in [-0.2, 0) is 20.4 Å². The van der Waals surface area contributed by atoms with Gasteiger partial charge in [0.1, 0.15) is 17.6 Å². The number of nitriles is 1. The third-order valence-electron chi connectivity index (χ3n) is 5.37. The highest BCUT2D eigenvalue weighted by Crippen LogP contribution is 2.36. The maximum Gasteiger partial charge on any atom is 0.407 e. The van der Waals surface area contributed by atoms with Gasteiger partial charge in [-0.2, -0.15) is 18.4 Å². The number of sulfone groups is 1. The number of carbonyl (C=O) groups is 1. The average molecular weight is 580 g/mol. The first-order valence-corrected chi connectivity index (χ1v) is 12.8. The second-order valence-electron chi connectivity index (χ2n) is 8.20. The van der Waals surface area contributed by atoms with Crippen LogP contribution in [0.15, 0.2) is 46.9 Å². The zero-order valence-electron chi connectivity index (χ0n) is 17.9. The summed E-state index contributed by atoms with van der Waals surface area (Å²) in [6, 6.07) is 5.37. The standard InChI is InChI=1S/C22H19BrF5N3O3S/c23-15-6-4-13(5-7-15)19(22(26,27)28)30-17(20(32)31-21(12-29)8-9-21)11-35(33,34)10-14-2-1-3-16(24)18(14)25/h1-7,17,19,30H,8-11H2,(H,31,32)/t17-,19-/m0/s1. The van der Waals surface area contributed by atoms with E-state index in [1.807, 2.05) is 6.07 Å². The molecule has 35 heavy (non-hydrogen) atoms. The van der Waals surface area contributed by atoms with Crippen molar-refractivity contribution in [2.24, 2.45) is 0 Å². The maximum absolute atomic E-state index is 14.0. The van der Waals surface area contributed by atoms with Crippen LogP contribution in [-0.4, -0.2) is 37.8 Å². The van der Waals surface area contributed by atoms with Crippen LogP contribution in [0.25, 0.3) is 0 Å². The molecule has 2 aromatic carbocycles. The quantitative estimate of drug-likeness (QED) is 0.436. The zero-order chi connectivity index (χ0) is 26.0. The van der Waals surface area contributed by atoms with Crippen LogP contribution in [0.3, 0.4) is 0 Å². The SMILES string of the molecule is N#CC1(NC(=O)[C@H](CS(=O)(=O)Cc2cccc(F)c2F)N[C@@H](c2ccc(Br)cc2)C(F)(F)F)CC1. The first-order chi connectivity index (χ1) is 16.3. The highest BCUT2D eigenvalue weighted by Gasteiger charge is 2.48. The molecule has 3 rings (SSSR count). The molecule has 0 bridgehead atoms. The van der Waals surface area contributed by atoms with E-state index >= 15 is 0 Å². The topological polar surface area (TPSA) is 99.1 Å². The number of benzene rings is 2. The van der Waals surface area contributed by atoms with Gasteiger partial charge in [-0.15, -0.1) is 0 Å². The molecule has 0 spiro atoms. The fourth-order valence-electron chi connectivity index (χ4n) is 3.36. The highest BCUT2D eigenvalue weighted by molar-refractivity contribution is 9.10. The fourth-order valence-corrected chi connectivity index (χ4v) is 5.19. The van der Waals surface area contributed by atoms with E-state index in [9.17, 15) is 40.4 Å². The molecule has 1 aliphatic rings. The van der Waals surface area contributed by atoms with Gasteiger partial charge < -0.3 is 5.32 Å². The number of halogens is 6. The molecule has 2 atom stereocenters. The predicted octanol–water partition coefficient (Wildman–Crippen LogP) is 4.08. The second kappa shape index (κ2) is 10.2. The van der Waals surface area contributed by atoms with Crippen LogP contribution in [0.4, 0.5) is 22.0 Å². The Kier molecular flexibility index (Phi) is 7.88. The van der Waals surface area contributed by atoms with E-state index in [0.717, 1.165) is 30.3 Å².